The van der Waals surface area contributed by atoms with Gasteiger partial charge < -0.3 is 0 Å². The maximum absolute atomic E-state index is 6.45. The molecule has 2 heterocycles. The molecule has 0 radical (unpaired) electrons. The van der Waals surface area contributed by atoms with Gasteiger partial charge in [-0.05, 0) is 29.3 Å². The topological polar surface area (TPSA) is 12.4 Å². The minimum atomic E-state index is -0.348. The van der Waals surface area contributed by atoms with E-state index in [9.17, 15) is 0 Å². The number of halogens is 1. The molecule has 0 amide bonds. The minimum Gasteiger partial charge on any atom is -0.259 e. The Kier molecular flexibility index (Phi) is 4.34. The summed E-state index contributed by atoms with van der Waals surface area (Å²) in [5.74, 6) is 2.23. The van der Waals surface area contributed by atoms with Gasteiger partial charge in [0.2, 0.25) is 0 Å². The molecule has 1 spiro atoms. The highest BCUT2D eigenvalue weighted by Crippen LogP contribution is 2.67. The van der Waals surface area contributed by atoms with Gasteiger partial charge in [0.25, 0.3) is 0 Å². The highest BCUT2D eigenvalue weighted by molar-refractivity contribution is 8.20. The molecule has 1 nitrogen and oxygen atoms in total. The van der Waals surface area contributed by atoms with Gasteiger partial charge in [-0.15, -0.1) is 23.5 Å². The summed E-state index contributed by atoms with van der Waals surface area (Å²) in [5.41, 5.74) is 4.46. The van der Waals surface area contributed by atoms with Crippen LogP contribution < -0.4 is 0 Å². The molecule has 5 rings (SSSR count). The Morgan fingerprint density at radius 2 is 1.37 bits per heavy atom. The predicted molar refractivity (Wildman–Crippen MR) is 120 cm³/mol. The van der Waals surface area contributed by atoms with Crippen LogP contribution in [0.15, 0.2) is 83.9 Å². The van der Waals surface area contributed by atoms with Crippen molar-refractivity contribution in [2.24, 2.45) is 4.99 Å². The van der Waals surface area contributed by atoms with Crippen molar-refractivity contribution >= 4 is 47.0 Å². The lowest BCUT2D eigenvalue weighted by Gasteiger charge is -2.48. The van der Waals surface area contributed by atoms with Crippen molar-refractivity contribution in [1.82, 2.24) is 0 Å². The molecule has 0 bridgehead atoms. The van der Waals surface area contributed by atoms with Crippen molar-refractivity contribution in [3.05, 3.63) is 101 Å². The lowest BCUT2D eigenvalue weighted by molar-refractivity contribution is 0.630. The summed E-state index contributed by atoms with van der Waals surface area (Å²) < 4.78 is -0.183. The quantitative estimate of drug-likeness (QED) is 0.470. The first-order valence-electron chi connectivity index (χ1n) is 9.00. The highest BCUT2D eigenvalue weighted by Gasteiger charge is 2.59. The summed E-state index contributed by atoms with van der Waals surface area (Å²) in [7, 11) is 0. The molecule has 3 aromatic carbocycles. The number of thioether (sulfide) groups is 2. The van der Waals surface area contributed by atoms with E-state index in [4.69, 9.17) is 16.6 Å². The second kappa shape index (κ2) is 6.73. The van der Waals surface area contributed by atoms with Gasteiger partial charge in [0, 0.05) is 28.3 Å². The number of hydrogen-bond donors (Lipinski definition) is 0. The van der Waals surface area contributed by atoms with E-state index in [1.54, 1.807) is 0 Å². The van der Waals surface area contributed by atoms with Crippen LogP contribution in [0.4, 0.5) is 5.69 Å². The number of rotatable bonds is 2. The average Bonchev–Trinajstić information content (AvgIpc) is 3.21. The van der Waals surface area contributed by atoms with E-state index in [2.05, 4.69) is 79.0 Å². The Morgan fingerprint density at radius 3 is 1.96 bits per heavy atom. The third kappa shape index (κ3) is 2.52. The van der Waals surface area contributed by atoms with Crippen LogP contribution in [0.25, 0.3) is 0 Å². The molecule has 0 atom stereocenters. The third-order valence-corrected chi connectivity index (χ3v) is 9.30. The standard InChI is InChI=1S/C23H18ClNS2/c24-19-11-12-21-20(15-19)23(26-13-14-27-23)22(16-25-21,17-7-3-1-4-8-17)18-9-5-2-6-10-18/h1-12,15-16H,13-14H2. The van der Waals surface area contributed by atoms with E-state index in [-0.39, 0.29) is 9.49 Å². The van der Waals surface area contributed by atoms with Crippen LogP contribution in [0, 0.1) is 0 Å². The molecule has 27 heavy (non-hydrogen) atoms. The Balaban J connectivity index is 1.88. The van der Waals surface area contributed by atoms with E-state index >= 15 is 0 Å². The first-order chi connectivity index (χ1) is 13.3. The molecule has 0 aliphatic carbocycles. The highest BCUT2D eigenvalue weighted by atomic mass is 35.5. The minimum absolute atomic E-state index is 0.183. The Bertz CT molecular complexity index is 956. The molecule has 1 fully saturated rings. The Morgan fingerprint density at radius 1 is 0.778 bits per heavy atom. The second-order valence-electron chi connectivity index (χ2n) is 6.77. The molecule has 134 valence electrons. The molecular formula is C23H18ClNS2. The molecule has 0 unspecified atom stereocenters. The molecule has 0 saturated carbocycles. The van der Waals surface area contributed by atoms with Crippen molar-refractivity contribution in [3.8, 4) is 0 Å². The first-order valence-corrected chi connectivity index (χ1v) is 11.4. The number of hydrogen-bond acceptors (Lipinski definition) is 3. The van der Waals surface area contributed by atoms with Crippen molar-refractivity contribution in [2.75, 3.05) is 11.5 Å². The van der Waals surface area contributed by atoms with Crippen LogP contribution in [0.5, 0.6) is 0 Å². The fraction of sp³-hybridized carbons (Fsp3) is 0.174. The van der Waals surface area contributed by atoms with Gasteiger partial charge in [-0.1, -0.05) is 72.3 Å². The summed E-state index contributed by atoms with van der Waals surface area (Å²) in [4.78, 5) is 4.95. The van der Waals surface area contributed by atoms with Gasteiger partial charge >= 0.3 is 0 Å². The summed E-state index contributed by atoms with van der Waals surface area (Å²) >= 11 is 10.5. The zero-order valence-corrected chi connectivity index (χ0v) is 17.0. The van der Waals surface area contributed by atoms with Crippen LogP contribution in [-0.2, 0) is 9.49 Å². The van der Waals surface area contributed by atoms with Crippen LogP contribution >= 0.6 is 35.1 Å². The SMILES string of the molecule is Clc1ccc2c(c1)C1(SCCS1)C(c1ccccc1)(c1ccccc1)C=N2. The predicted octanol–water partition coefficient (Wildman–Crippen LogP) is 6.68. The lowest BCUT2D eigenvalue weighted by atomic mass is 9.69. The summed E-state index contributed by atoms with van der Waals surface area (Å²) in [6.07, 6.45) is 2.18. The van der Waals surface area contributed by atoms with E-state index in [0.29, 0.717) is 0 Å². The summed E-state index contributed by atoms with van der Waals surface area (Å²) in [6.45, 7) is 0. The fourth-order valence-electron chi connectivity index (χ4n) is 4.24. The molecule has 3 aromatic rings. The second-order valence-corrected chi connectivity index (χ2v) is 10.1. The number of aliphatic imine (C=N–C) groups is 1. The fourth-order valence-corrected chi connectivity index (χ4v) is 8.16. The molecule has 4 heteroatoms. The van der Waals surface area contributed by atoms with Gasteiger partial charge in [0.05, 0.1) is 11.1 Å². The van der Waals surface area contributed by atoms with Gasteiger partial charge in [0.1, 0.15) is 4.08 Å². The van der Waals surface area contributed by atoms with Gasteiger partial charge in [-0.25, -0.2) is 0 Å². The van der Waals surface area contributed by atoms with E-state index in [1.807, 2.05) is 29.6 Å². The monoisotopic (exact) mass is 407 g/mol. The van der Waals surface area contributed by atoms with Crippen molar-refractivity contribution in [3.63, 3.8) is 0 Å². The number of fused-ring (bicyclic) bond motifs is 2. The van der Waals surface area contributed by atoms with Gasteiger partial charge in [-0.3, -0.25) is 4.99 Å². The Hall–Kier alpha value is -1.68. The zero-order chi connectivity index (χ0) is 18.3. The number of benzene rings is 3. The maximum Gasteiger partial charge on any atom is 0.107 e. The van der Waals surface area contributed by atoms with Crippen LogP contribution in [0.3, 0.4) is 0 Å². The average molecular weight is 408 g/mol. The van der Waals surface area contributed by atoms with Crippen LogP contribution in [0.2, 0.25) is 5.02 Å². The summed E-state index contributed by atoms with van der Waals surface area (Å²) in [5, 5.41) is 0.772. The lowest BCUT2D eigenvalue weighted by Crippen LogP contribution is -2.48. The Labute approximate surface area is 173 Å². The van der Waals surface area contributed by atoms with E-state index < -0.39 is 0 Å². The smallest absolute Gasteiger partial charge is 0.107 e. The molecule has 1 saturated heterocycles. The van der Waals surface area contributed by atoms with E-state index in [0.717, 1.165) is 22.2 Å². The molecule has 2 aliphatic heterocycles. The molecular weight excluding hydrogens is 390 g/mol. The van der Waals surface area contributed by atoms with Crippen molar-refractivity contribution in [1.29, 1.82) is 0 Å². The molecule has 2 aliphatic rings. The van der Waals surface area contributed by atoms with E-state index in [1.165, 1.54) is 16.7 Å². The molecule has 0 N–H and O–H groups in total. The summed E-state index contributed by atoms with van der Waals surface area (Å²) in [6, 6.07) is 27.7. The van der Waals surface area contributed by atoms with Crippen LogP contribution in [0.1, 0.15) is 16.7 Å². The molecule has 0 aromatic heterocycles. The van der Waals surface area contributed by atoms with Gasteiger partial charge in [0.15, 0.2) is 0 Å². The normalized spacial score (nSPS) is 19.1. The number of nitrogens with zero attached hydrogens (tertiary/aromatic N) is 1. The third-order valence-electron chi connectivity index (χ3n) is 5.38. The maximum atomic E-state index is 6.45. The van der Waals surface area contributed by atoms with Gasteiger partial charge in [-0.2, -0.15) is 0 Å². The first kappa shape index (κ1) is 17.4. The van der Waals surface area contributed by atoms with Crippen LogP contribution in [-0.4, -0.2) is 17.7 Å². The largest absolute Gasteiger partial charge is 0.259 e. The zero-order valence-electron chi connectivity index (χ0n) is 14.6. The van der Waals surface area contributed by atoms with Crippen molar-refractivity contribution in [2.45, 2.75) is 9.49 Å². The van der Waals surface area contributed by atoms with Crippen molar-refractivity contribution < 1.29 is 0 Å².